The zero-order valence-corrected chi connectivity index (χ0v) is 12.4. The van der Waals surface area contributed by atoms with Crippen molar-refractivity contribution in [2.24, 2.45) is 5.84 Å². The Balaban J connectivity index is 2.84. The van der Waals surface area contributed by atoms with E-state index in [1.165, 1.54) is 5.56 Å². The lowest BCUT2D eigenvalue weighted by Crippen LogP contribution is -2.14. The van der Waals surface area contributed by atoms with Gasteiger partial charge in [-0.05, 0) is 23.0 Å². The highest BCUT2D eigenvalue weighted by molar-refractivity contribution is 5.93. The number of fused-ring (bicyclic) bond motifs is 1. The first-order valence-corrected chi connectivity index (χ1v) is 6.75. The van der Waals surface area contributed by atoms with Crippen molar-refractivity contribution < 1.29 is 0 Å². The lowest BCUT2D eigenvalue weighted by atomic mass is 9.85. The molecule has 3 N–H and O–H groups in total. The van der Waals surface area contributed by atoms with Crippen molar-refractivity contribution in [1.29, 1.82) is 0 Å². The number of hydrogen-bond acceptors (Lipinski definition) is 3. The third kappa shape index (κ3) is 2.56. The van der Waals surface area contributed by atoms with Gasteiger partial charge in [-0.3, -0.25) is 10.8 Å². The van der Waals surface area contributed by atoms with Crippen LogP contribution in [0.5, 0.6) is 0 Å². The van der Waals surface area contributed by atoms with Crippen molar-refractivity contribution in [3.05, 3.63) is 35.5 Å². The molecule has 0 amide bonds. The van der Waals surface area contributed by atoms with Gasteiger partial charge in [-0.1, -0.05) is 52.8 Å². The van der Waals surface area contributed by atoms with E-state index < -0.39 is 0 Å². The van der Waals surface area contributed by atoms with Gasteiger partial charge in [0.1, 0.15) is 0 Å². The predicted octanol–water partition coefficient (Wildman–Crippen LogP) is 3.94. The first-order chi connectivity index (χ1) is 8.84. The minimum Gasteiger partial charge on any atom is -0.323 e. The summed E-state index contributed by atoms with van der Waals surface area (Å²) in [4.78, 5) is 4.85. The quantitative estimate of drug-likeness (QED) is 0.633. The second-order valence-corrected chi connectivity index (χ2v) is 6.35. The van der Waals surface area contributed by atoms with Gasteiger partial charge in [-0.25, -0.2) is 0 Å². The number of hydrogen-bond donors (Lipinski definition) is 2. The number of hydrazine groups is 1. The summed E-state index contributed by atoms with van der Waals surface area (Å²) in [7, 11) is 0. The number of aromatic nitrogens is 1. The summed E-state index contributed by atoms with van der Waals surface area (Å²) >= 11 is 0. The van der Waals surface area contributed by atoms with E-state index in [9.17, 15) is 0 Å². The zero-order chi connectivity index (χ0) is 14.2. The van der Waals surface area contributed by atoms with Gasteiger partial charge >= 0.3 is 0 Å². The highest BCUT2D eigenvalue weighted by Crippen LogP contribution is 2.33. The van der Waals surface area contributed by atoms with E-state index in [2.05, 4.69) is 58.2 Å². The molecule has 19 heavy (non-hydrogen) atoms. The normalized spacial score (nSPS) is 12.2. The fourth-order valence-electron chi connectivity index (χ4n) is 2.29. The van der Waals surface area contributed by atoms with Crippen LogP contribution < -0.4 is 11.3 Å². The number of anilines is 1. The third-order valence-corrected chi connectivity index (χ3v) is 3.41. The van der Waals surface area contributed by atoms with Crippen molar-refractivity contribution in [1.82, 2.24) is 4.98 Å². The zero-order valence-electron chi connectivity index (χ0n) is 12.4. The molecule has 1 aromatic heterocycles. The van der Waals surface area contributed by atoms with Crippen molar-refractivity contribution in [2.45, 2.75) is 46.0 Å². The third-order valence-electron chi connectivity index (χ3n) is 3.41. The van der Waals surface area contributed by atoms with Crippen molar-refractivity contribution in [3.63, 3.8) is 0 Å². The van der Waals surface area contributed by atoms with Gasteiger partial charge in [0.05, 0.1) is 11.2 Å². The molecule has 102 valence electrons. The Morgan fingerprint density at radius 1 is 1.21 bits per heavy atom. The molecule has 0 aliphatic heterocycles. The second kappa shape index (κ2) is 4.82. The number of nitrogen functional groups attached to an aromatic ring is 1. The van der Waals surface area contributed by atoms with Crippen LogP contribution in [-0.4, -0.2) is 4.98 Å². The standard InChI is InChI=1S/C16H23N3/c1-10(2)13-9-14(19-17)11-7-6-8-12(15(11)18-13)16(3,4)5/h6-10H,17H2,1-5H3,(H,18,19). The van der Waals surface area contributed by atoms with E-state index in [1.54, 1.807) is 0 Å². The molecule has 0 fully saturated rings. The van der Waals surface area contributed by atoms with E-state index in [4.69, 9.17) is 10.8 Å². The number of nitrogens with two attached hydrogens (primary N) is 1. The molecular weight excluding hydrogens is 234 g/mol. The highest BCUT2D eigenvalue weighted by atomic mass is 15.2. The summed E-state index contributed by atoms with van der Waals surface area (Å²) in [5, 5.41) is 1.08. The van der Waals surface area contributed by atoms with E-state index in [0.717, 1.165) is 22.3 Å². The van der Waals surface area contributed by atoms with Crippen LogP contribution in [-0.2, 0) is 5.41 Å². The molecule has 0 saturated heterocycles. The van der Waals surface area contributed by atoms with Crippen molar-refractivity contribution >= 4 is 16.6 Å². The molecule has 0 unspecified atom stereocenters. The minimum absolute atomic E-state index is 0.0635. The number of para-hydroxylation sites is 1. The van der Waals surface area contributed by atoms with Gasteiger partial charge in [-0.2, -0.15) is 0 Å². The van der Waals surface area contributed by atoms with E-state index in [-0.39, 0.29) is 5.41 Å². The molecule has 0 saturated carbocycles. The number of benzene rings is 1. The van der Waals surface area contributed by atoms with Gasteiger partial charge in [0, 0.05) is 11.1 Å². The molecule has 0 spiro atoms. The van der Waals surface area contributed by atoms with Gasteiger partial charge in [0.15, 0.2) is 0 Å². The molecule has 3 nitrogen and oxygen atoms in total. The first kappa shape index (κ1) is 13.8. The van der Waals surface area contributed by atoms with Crippen LogP contribution >= 0.6 is 0 Å². The maximum Gasteiger partial charge on any atom is 0.0763 e. The van der Waals surface area contributed by atoms with Gasteiger partial charge in [0.2, 0.25) is 0 Å². The van der Waals surface area contributed by atoms with Crippen LogP contribution in [0, 0.1) is 0 Å². The SMILES string of the molecule is CC(C)c1cc(NN)c2cccc(C(C)(C)C)c2n1. The Kier molecular flexibility index (Phi) is 3.50. The van der Waals surface area contributed by atoms with E-state index >= 15 is 0 Å². The molecule has 1 aromatic carbocycles. The lowest BCUT2D eigenvalue weighted by Gasteiger charge is -2.22. The highest BCUT2D eigenvalue weighted by Gasteiger charge is 2.19. The Labute approximate surface area is 115 Å². The Morgan fingerprint density at radius 3 is 2.42 bits per heavy atom. The second-order valence-electron chi connectivity index (χ2n) is 6.35. The smallest absolute Gasteiger partial charge is 0.0763 e. The molecule has 0 bridgehead atoms. The number of nitrogens with one attached hydrogen (secondary N) is 1. The average molecular weight is 257 g/mol. The maximum absolute atomic E-state index is 5.67. The summed E-state index contributed by atoms with van der Waals surface area (Å²) in [6, 6.07) is 8.33. The summed E-state index contributed by atoms with van der Waals surface area (Å²) in [5.41, 5.74) is 7.18. The predicted molar refractivity (Wildman–Crippen MR) is 82.3 cm³/mol. The van der Waals surface area contributed by atoms with Crippen LogP contribution in [0.4, 0.5) is 5.69 Å². The number of pyridine rings is 1. The fraction of sp³-hybridized carbons (Fsp3) is 0.438. The van der Waals surface area contributed by atoms with Gasteiger partial charge < -0.3 is 5.43 Å². The van der Waals surface area contributed by atoms with Crippen molar-refractivity contribution in [3.8, 4) is 0 Å². The Morgan fingerprint density at radius 2 is 1.89 bits per heavy atom. The summed E-state index contributed by atoms with van der Waals surface area (Å²) in [5.74, 6) is 6.05. The molecular formula is C16H23N3. The molecule has 1 heterocycles. The van der Waals surface area contributed by atoms with Crippen LogP contribution in [0.1, 0.15) is 51.8 Å². The monoisotopic (exact) mass is 257 g/mol. The molecule has 2 aromatic rings. The molecule has 3 heteroatoms. The summed E-state index contributed by atoms with van der Waals surface area (Å²) in [6.07, 6.45) is 0. The Bertz CT molecular complexity index is 595. The molecule has 0 radical (unpaired) electrons. The van der Waals surface area contributed by atoms with Crippen molar-refractivity contribution in [2.75, 3.05) is 5.43 Å². The van der Waals surface area contributed by atoms with Gasteiger partial charge in [0.25, 0.3) is 0 Å². The topological polar surface area (TPSA) is 50.9 Å². The van der Waals surface area contributed by atoms with Gasteiger partial charge in [-0.15, -0.1) is 0 Å². The minimum atomic E-state index is 0.0635. The number of rotatable bonds is 2. The fourth-order valence-corrected chi connectivity index (χ4v) is 2.29. The average Bonchev–Trinajstić information content (AvgIpc) is 2.35. The number of nitrogens with zero attached hydrogens (tertiary/aromatic N) is 1. The van der Waals surface area contributed by atoms with Crippen LogP contribution in [0.25, 0.3) is 10.9 Å². The molecule has 0 aliphatic rings. The Hall–Kier alpha value is -1.61. The first-order valence-electron chi connectivity index (χ1n) is 6.75. The van der Waals surface area contributed by atoms with Crippen LogP contribution in [0.15, 0.2) is 24.3 Å². The molecule has 0 atom stereocenters. The summed E-state index contributed by atoms with van der Waals surface area (Å²) in [6.45, 7) is 10.9. The molecule has 2 rings (SSSR count). The molecule has 0 aliphatic carbocycles. The lowest BCUT2D eigenvalue weighted by molar-refractivity contribution is 0.594. The van der Waals surface area contributed by atoms with Crippen LogP contribution in [0.2, 0.25) is 0 Å². The van der Waals surface area contributed by atoms with E-state index in [1.807, 2.05) is 6.07 Å². The van der Waals surface area contributed by atoms with Crippen LogP contribution in [0.3, 0.4) is 0 Å². The summed E-state index contributed by atoms with van der Waals surface area (Å²) < 4.78 is 0. The largest absolute Gasteiger partial charge is 0.323 e. The van der Waals surface area contributed by atoms with E-state index in [0.29, 0.717) is 5.92 Å². The maximum atomic E-state index is 5.67.